The maximum Gasteiger partial charge on any atom is 0.350 e. The molecule has 10 heteroatoms. The van der Waals surface area contributed by atoms with E-state index in [1.54, 1.807) is 0 Å². The zero-order chi connectivity index (χ0) is 14.0. The van der Waals surface area contributed by atoms with Crippen LogP contribution in [0.3, 0.4) is 0 Å². The van der Waals surface area contributed by atoms with E-state index in [0.717, 1.165) is 4.57 Å². The number of hydrogen-bond acceptors (Lipinski definition) is 7. The lowest BCUT2D eigenvalue weighted by Gasteiger charge is -2.16. The highest BCUT2D eigenvalue weighted by Gasteiger charge is 2.43. The Bertz CT molecular complexity index is 568. The maximum atomic E-state index is 11.7. The van der Waals surface area contributed by atoms with E-state index in [4.69, 9.17) is 15.4 Å². The van der Waals surface area contributed by atoms with Crippen LogP contribution in [0.4, 0.5) is 5.82 Å². The Labute approximate surface area is 106 Å². The Hall–Kier alpha value is -1.97. The van der Waals surface area contributed by atoms with Gasteiger partial charge in [-0.25, -0.2) is 4.79 Å². The van der Waals surface area contributed by atoms with Crippen molar-refractivity contribution in [2.75, 3.05) is 6.61 Å². The van der Waals surface area contributed by atoms with E-state index in [1.165, 1.54) is 12.3 Å². The molecule has 0 saturated carbocycles. The van der Waals surface area contributed by atoms with Gasteiger partial charge in [-0.15, -0.1) is 0 Å². The molecular formula is C9H11N5O5. The van der Waals surface area contributed by atoms with Crippen LogP contribution in [0.2, 0.25) is 0 Å². The predicted octanol–water partition coefficient (Wildman–Crippen LogP) is -1.20. The molecular weight excluding hydrogens is 258 g/mol. The standard InChI is InChI=1S/C9H11N5O5/c10-13-12-5-1-2-14(9(18)11-5)8-7(17)6(16)4(3-15)19-8/h1-2,4,6-8,15-17H,3H2/t4-,6-,7+,8-/m1/s1. The van der Waals surface area contributed by atoms with Crippen molar-refractivity contribution in [3.05, 3.63) is 33.2 Å². The van der Waals surface area contributed by atoms with Gasteiger partial charge in [0.2, 0.25) is 0 Å². The largest absolute Gasteiger partial charge is 0.394 e. The fourth-order valence-electron chi connectivity index (χ4n) is 1.81. The number of nitrogens with zero attached hydrogens (tertiary/aromatic N) is 5. The minimum absolute atomic E-state index is 0.115. The average Bonchev–Trinajstić information content (AvgIpc) is 2.67. The molecule has 1 aliphatic rings. The van der Waals surface area contributed by atoms with Gasteiger partial charge in [0.05, 0.1) is 6.61 Å². The summed E-state index contributed by atoms with van der Waals surface area (Å²) in [6, 6.07) is 1.26. The summed E-state index contributed by atoms with van der Waals surface area (Å²) in [6.07, 6.45) is -3.60. The highest BCUT2D eigenvalue weighted by molar-refractivity contribution is 5.23. The molecule has 0 spiro atoms. The number of aliphatic hydroxyl groups is 3. The lowest BCUT2D eigenvalue weighted by atomic mass is 10.1. The van der Waals surface area contributed by atoms with E-state index >= 15 is 0 Å². The third-order valence-corrected chi connectivity index (χ3v) is 2.75. The van der Waals surface area contributed by atoms with Crippen molar-refractivity contribution in [3.63, 3.8) is 0 Å². The molecule has 2 heterocycles. The van der Waals surface area contributed by atoms with Crippen molar-refractivity contribution in [1.82, 2.24) is 9.55 Å². The molecule has 0 unspecified atom stereocenters. The normalized spacial score (nSPS) is 30.1. The molecule has 10 nitrogen and oxygen atoms in total. The van der Waals surface area contributed by atoms with Crippen molar-refractivity contribution >= 4 is 5.82 Å². The Kier molecular flexibility index (Phi) is 3.79. The molecule has 0 radical (unpaired) electrons. The van der Waals surface area contributed by atoms with Crippen molar-refractivity contribution in [3.8, 4) is 0 Å². The third-order valence-electron chi connectivity index (χ3n) is 2.75. The fraction of sp³-hybridized carbons (Fsp3) is 0.556. The van der Waals surface area contributed by atoms with Crippen LogP contribution in [0, 0.1) is 0 Å². The second-order valence-electron chi connectivity index (χ2n) is 3.89. The second-order valence-corrected chi connectivity index (χ2v) is 3.89. The number of azide groups is 1. The lowest BCUT2D eigenvalue weighted by Crippen LogP contribution is -2.35. The summed E-state index contributed by atoms with van der Waals surface area (Å²) in [5, 5.41) is 31.4. The summed E-state index contributed by atoms with van der Waals surface area (Å²) in [7, 11) is 0. The first-order valence-electron chi connectivity index (χ1n) is 5.35. The van der Waals surface area contributed by atoms with E-state index in [1.807, 2.05) is 0 Å². The Morgan fingerprint density at radius 3 is 2.79 bits per heavy atom. The minimum Gasteiger partial charge on any atom is -0.394 e. The van der Waals surface area contributed by atoms with Gasteiger partial charge in [0.25, 0.3) is 0 Å². The lowest BCUT2D eigenvalue weighted by molar-refractivity contribution is -0.0549. The number of rotatable bonds is 3. The number of hydrogen-bond donors (Lipinski definition) is 3. The number of ether oxygens (including phenoxy) is 1. The Balaban J connectivity index is 2.33. The summed E-state index contributed by atoms with van der Waals surface area (Å²) in [4.78, 5) is 17.6. The molecule has 0 amide bonds. The molecule has 102 valence electrons. The molecule has 1 aliphatic heterocycles. The number of aromatic nitrogens is 2. The van der Waals surface area contributed by atoms with E-state index in [9.17, 15) is 15.0 Å². The molecule has 19 heavy (non-hydrogen) atoms. The fourth-order valence-corrected chi connectivity index (χ4v) is 1.81. The highest BCUT2D eigenvalue weighted by Crippen LogP contribution is 2.28. The van der Waals surface area contributed by atoms with Gasteiger partial charge in [0, 0.05) is 11.1 Å². The van der Waals surface area contributed by atoms with Crippen molar-refractivity contribution in [2.45, 2.75) is 24.5 Å². The second kappa shape index (κ2) is 5.34. The quantitative estimate of drug-likeness (QED) is 0.355. The monoisotopic (exact) mass is 269 g/mol. The zero-order valence-corrected chi connectivity index (χ0v) is 9.57. The summed E-state index contributed by atoms with van der Waals surface area (Å²) in [5.74, 6) is -0.115. The van der Waals surface area contributed by atoms with Crippen LogP contribution < -0.4 is 5.69 Å². The van der Waals surface area contributed by atoms with Crippen LogP contribution in [-0.4, -0.2) is 49.8 Å². The zero-order valence-electron chi connectivity index (χ0n) is 9.57. The first-order valence-corrected chi connectivity index (χ1v) is 5.35. The topological polar surface area (TPSA) is 154 Å². The van der Waals surface area contributed by atoms with Crippen LogP contribution in [-0.2, 0) is 4.74 Å². The molecule has 0 aliphatic carbocycles. The van der Waals surface area contributed by atoms with Gasteiger partial charge in [-0.2, -0.15) is 4.98 Å². The van der Waals surface area contributed by atoms with Gasteiger partial charge >= 0.3 is 5.69 Å². The molecule has 1 aromatic heterocycles. The molecule has 4 atom stereocenters. The van der Waals surface area contributed by atoms with Crippen LogP contribution in [0.1, 0.15) is 6.23 Å². The Morgan fingerprint density at radius 2 is 2.26 bits per heavy atom. The SMILES string of the molecule is [N-]=[N+]=Nc1ccn([C@@H]2O[C@H](CO)[C@@H](O)[C@@H]2O)c(=O)n1. The molecule has 2 rings (SSSR count). The molecule has 1 fully saturated rings. The molecule has 1 aromatic rings. The summed E-state index contributed by atoms with van der Waals surface area (Å²) in [6.45, 7) is -0.492. The van der Waals surface area contributed by atoms with Crippen LogP contribution in [0.5, 0.6) is 0 Å². The van der Waals surface area contributed by atoms with E-state index in [0.29, 0.717) is 0 Å². The van der Waals surface area contributed by atoms with Crippen molar-refractivity contribution in [2.24, 2.45) is 5.11 Å². The summed E-state index contributed by atoms with van der Waals surface area (Å²) < 4.78 is 6.12. The average molecular weight is 269 g/mol. The molecule has 0 bridgehead atoms. The van der Waals surface area contributed by atoms with Gasteiger partial charge in [0.1, 0.15) is 24.1 Å². The van der Waals surface area contributed by atoms with Crippen LogP contribution >= 0.6 is 0 Å². The van der Waals surface area contributed by atoms with Gasteiger partial charge in [-0.3, -0.25) is 4.57 Å². The first-order chi connectivity index (χ1) is 9.08. The van der Waals surface area contributed by atoms with Gasteiger partial charge in [-0.05, 0) is 16.7 Å². The summed E-state index contributed by atoms with van der Waals surface area (Å²) >= 11 is 0. The highest BCUT2D eigenvalue weighted by atomic mass is 16.6. The smallest absolute Gasteiger partial charge is 0.350 e. The van der Waals surface area contributed by atoms with Gasteiger partial charge in [-0.1, -0.05) is 0 Å². The van der Waals surface area contributed by atoms with Crippen LogP contribution in [0.15, 0.2) is 22.2 Å². The maximum absolute atomic E-state index is 11.7. The molecule has 1 saturated heterocycles. The minimum atomic E-state index is -1.37. The van der Waals surface area contributed by atoms with Gasteiger partial charge < -0.3 is 20.1 Å². The third kappa shape index (κ3) is 2.43. The first kappa shape index (κ1) is 13.5. The number of aliphatic hydroxyl groups excluding tert-OH is 3. The molecule has 0 aromatic carbocycles. The van der Waals surface area contributed by atoms with Crippen molar-refractivity contribution in [1.29, 1.82) is 0 Å². The predicted molar refractivity (Wildman–Crippen MR) is 60.3 cm³/mol. The molecule has 3 N–H and O–H groups in total. The summed E-state index contributed by atoms with van der Waals surface area (Å²) in [5.41, 5.74) is 7.41. The van der Waals surface area contributed by atoms with E-state index < -0.39 is 36.8 Å². The Morgan fingerprint density at radius 1 is 1.53 bits per heavy atom. The van der Waals surface area contributed by atoms with Gasteiger partial charge in [0.15, 0.2) is 6.23 Å². The van der Waals surface area contributed by atoms with E-state index in [-0.39, 0.29) is 5.82 Å². The van der Waals surface area contributed by atoms with Crippen LogP contribution in [0.25, 0.3) is 10.4 Å². The van der Waals surface area contributed by atoms with Crippen molar-refractivity contribution < 1.29 is 20.1 Å². The van der Waals surface area contributed by atoms with E-state index in [2.05, 4.69) is 15.0 Å².